The van der Waals surface area contributed by atoms with E-state index in [9.17, 15) is 5.11 Å². The lowest BCUT2D eigenvalue weighted by molar-refractivity contribution is -0.0314. The fraction of sp³-hybridized carbons (Fsp3) is 0.600. The van der Waals surface area contributed by atoms with Gasteiger partial charge in [0, 0.05) is 31.9 Å². The summed E-state index contributed by atoms with van der Waals surface area (Å²) < 4.78 is 0. The van der Waals surface area contributed by atoms with Gasteiger partial charge in [-0.05, 0) is 51.1 Å². The van der Waals surface area contributed by atoms with Gasteiger partial charge >= 0.3 is 0 Å². The Labute approximate surface area is 151 Å². The molecule has 0 spiro atoms. The molecule has 2 fully saturated rings. The molecular weight excluding hydrogens is 312 g/mol. The molecule has 25 heavy (non-hydrogen) atoms. The quantitative estimate of drug-likeness (QED) is 0.736. The highest BCUT2D eigenvalue weighted by molar-refractivity contribution is 5.31. The molecule has 0 radical (unpaired) electrons. The molecule has 1 N–H and O–H groups in total. The van der Waals surface area contributed by atoms with Gasteiger partial charge in [-0.15, -0.1) is 13.2 Å². The van der Waals surface area contributed by atoms with Crippen LogP contribution in [-0.2, 0) is 6.54 Å². The van der Waals surface area contributed by atoms with Crippen LogP contribution in [0.4, 0.5) is 5.95 Å². The van der Waals surface area contributed by atoms with Crippen molar-refractivity contribution in [3.8, 4) is 0 Å². The van der Waals surface area contributed by atoms with Gasteiger partial charge in [0.15, 0.2) is 0 Å². The minimum atomic E-state index is -0.787. The summed E-state index contributed by atoms with van der Waals surface area (Å²) in [6.07, 6.45) is 11.2. The number of aromatic nitrogens is 2. The van der Waals surface area contributed by atoms with Crippen LogP contribution in [0.2, 0.25) is 0 Å². The molecule has 0 bridgehead atoms. The molecule has 136 valence electrons. The molecule has 3 heterocycles. The van der Waals surface area contributed by atoms with Crippen LogP contribution < -0.4 is 4.90 Å². The number of aliphatic hydroxyl groups is 1. The average Bonchev–Trinajstić information content (AvgIpc) is 3.27. The van der Waals surface area contributed by atoms with Crippen molar-refractivity contribution in [2.45, 2.75) is 56.7 Å². The fourth-order valence-electron chi connectivity index (χ4n) is 4.23. The van der Waals surface area contributed by atoms with Crippen molar-refractivity contribution in [2.24, 2.45) is 0 Å². The summed E-state index contributed by atoms with van der Waals surface area (Å²) in [5.74, 6) is 0.846. The standard InChI is InChI=1S/C20H30N4O/c1-3-10-20(25,11-4-2)18-8-7-15-24(18)16-17-9-12-21-19(22-17)23-13-5-6-14-23/h3-4,9,12,18,25H,1-2,5-8,10-11,13-16H2/t18-/m0/s1. The van der Waals surface area contributed by atoms with E-state index in [0.29, 0.717) is 12.8 Å². The lowest BCUT2D eigenvalue weighted by Gasteiger charge is -2.38. The van der Waals surface area contributed by atoms with Gasteiger partial charge in [-0.2, -0.15) is 0 Å². The second-order valence-corrected chi connectivity index (χ2v) is 7.26. The monoisotopic (exact) mass is 342 g/mol. The summed E-state index contributed by atoms with van der Waals surface area (Å²) in [6.45, 7) is 11.5. The van der Waals surface area contributed by atoms with Crippen LogP contribution >= 0.6 is 0 Å². The molecule has 0 aliphatic carbocycles. The van der Waals surface area contributed by atoms with Crippen LogP contribution in [0.25, 0.3) is 0 Å². The molecule has 0 amide bonds. The second-order valence-electron chi connectivity index (χ2n) is 7.26. The van der Waals surface area contributed by atoms with E-state index in [4.69, 9.17) is 4.98 Å². The third kappa shape index (κ3) is 4.10. The molecule has 2 saturated heterocycles. The summed E-state index contributed by atoms with van der Waals surface area (Å²) >= 11 is 0. The lowest BCUT2D eigenvalue weighted by Crippen LogP contribution is -2.49. The first kappa shape index (κ1) is 18.1. The third-order valence-corrected chi connectivity index (χ3v) is 5.43. The van der Waals surface area contributed by atoms with E-state index in [-0.39, 0.29) is 6.04 Å². The van der Waals surface area contributed by atoms with E-state index in [1.807, 2.05) is 24.4 Å². The van der Waals surface area contributed by atoms with E-state index in [0.717, 1.165) is 50.7 Å². The van der Waals surface area contributed by atoms with Crippen molar-refractivity contribution in [3.05, 3.63) is 43.3 Å². The van der Waals surface area contributed by atoms with E-state index in [1.165, 1.54) is 12.8 Å². The molecule has 2 aliphatic rings. The third-order valence-electron chi connectivity index (χ3n) is 5.43. The van der Waals surface area contributed by atoms with E-state index >= 15 is 0 Å². The Morgan fingerprint density at radius 3 is 2.56 bits per heavy atom. The Hall–Kier alpha value is -1.72. The maximum atomic E-state index is 11.2. The molecule has 1 atom stereocenters. The minimum Gasteiger partial charge on any atom is -0.388 e. The zero-order valence-corrected chi connectivity index (χ0v) is 15.1. The van der Waals surface area contributed by atoms with Gasteiger partial charge in [0.05, 0.1) is 11.3 Å². The smallest absolute Gasteiger partial charge is 0.225 e. The van der Waals surface area contributed by atoms with E-state index < -0.39 is 5.60 Å². The minimum absolute atomic E-state index is 0.119. The number of likely N-dealkylation sites (tertiary alicyclic amines) is 1. The summed E-state index contributed by atoms with van der Waals surface area (Å²) in [4.78, 5) is 13.8. The number of hydrogen-bond donors (Lipinski definition) is 1. The molecule has 5 nitrogen and oxygen atoms in total. The Balaban J connectivity index is 1.73. The van der Waals surface area contributed by atoms with Crippen LogP contribution in [0, 0.1) is 0 Å². The van der Waals surface area contributed by atoms with Gasteiger partial charge in [0.1, 0.15) is 0 Å². The topological polar surface area (TPSA) is 52.5 Å². The lowest BCUT2D eigenvalue weighted by atomic mass is 9.85. The summed E-state index contributed by atoms with van der Waals surface area (Å²) in [5, 5.41) is 11.2. The van der Waals surface area contributed by atoms with Crippen molar-refractivity contribution in [1.82, 2.24) is 14.9 Å². The van der Waals surface area contributed by atoms with Gasteiger partial charge in [0.25, 0.3) is 0 Å². The van der Waals surface area contributed by atoms with Crippen molar-refractivity contribution in [2.75, 3.05) is 24.5 Å². The molecule has 5 heteroatoms. The number of rotatable bonds is 8. The maximum absolute atomic E-state index is 11.2. The molecule has 1 aromatic rings. The highest BCUT2D eigenvalue weighted by Gasteiger charge is 2.41. The molecule has 0 aromatic carbocycles. The van der Waals surface area contributed by atoms with E-state index in [1.54, 1.807) is 0 Å². The van der Waals surface area contributed by atoms with Gasteiger partial charge in [-0.1, -0.05) is 12.2 Å². The van der Waals surface area contributed by atoms with Gasteiger partial charge < -0.3 is 10.0 Å². The molecule has 0 unspecified atom stereocenters. The van der Waals surface area contributed by atoms with Crippen molar-refractivity contribution in [3.63, 3.8) is 0 Å². The molecule has 1 aromatic heterocycles. The van der Waals surface area contributed by atoms with Crippen molar-refractivity contribution in [1.29, 1.82) is 0 Å². The Bertz CT molecular complexity index is 587. The van der Waals surface area contributed by atoms with Crippen LogP contribution in [0.15, 0.2) is 37.6 Å². The Kier molecular flexibility index (Phi) is 5.86. The summed E-state index contributed by atoms with van der Waals surface area (Å²) in [7, 11) is 0. The van der Waals surface area contributed by atoms with Gasteiger partial charge in [-0.25, -0.2) is 9.97 Å². The van der Waals surface area contributed by atoms with Gasteiger partial charge in [0.2, 0.25) is 5.95 Å². The van der Waals surface area contributed by atoms with Crippen molar-refractivity contribution < 1.29 is 5.11 Å². The first-order valence-electron chi connectivity index (χ1n) is 9.41. The second kappa shape index (κ2) is 8.11. The molecule has 2 aliphatic heterocycles. The predicted molar refractivity (Wildman–Crippen MR) is 101 cm³/mol. The predicted octanol–water partition coefficient (Wildman–Crippen LogP) is 2.92. The average molecular weight is 342 g/mol. The first-order chi connectivity index (χ1) is 12.2. The zero-order valence-electron chi connectivity index (χ0n) is 15.1. The highest BCUT2D eigenvalue weighted by Crippen LogP contribution is 2.33. The SMILES string of the molecule is C=CCC(O)(CC=C)[C@@H]1CCCN1Cc1ccnc(N2CCCC2)n1. The fourth-order valence-corrected chi connectivity index (χ4v) is 4.23. The normalized spacial score (nSPS) is 21.6. The largest absolute Gasteiger partial charge is 0.388 e. The Morgan fingerprint density at radius 1 is 1.16 bits per heavy atom. The zero-order chi connectivity index (χ0) is 17.7. The maximum Gasteiger partial charge on any atom is 0.225 e. The van der Waals surface area contributed by atoms with Crippen LogP contribution in [0.1, 0.15) is 44.2 Å². The van der Waals surface area contributed by atoms with Crippen LogP contribution in [0.3, 0.4) is 0 Å². The van der Waals surface area contributed by atoms with E-state index in [2.05, 4.69) is 27.9 Å². The summed E-state index contributed by atoms with van der Waals surface area (Å²) in [5.41, 5.74) is 0.244. The van der Waals surface area contributed by atoms with Crippen LogP contribution in [0.5, 0.6) is 0 Å². The highest BCUT2D eigenvalue weighted by atomic mass is 16.3. The molecular formula is C20H30N4O. The summed E-state index contributed by atoms with van der Waals surface area (Å²) in [6, 6.07) is 2.11. The Morgan fingerprint density at radius 2 is 1.88 bits per heavy atom. The molecule has 0 saturated carbocycles. The van der Waals surface area contributed by atoms with Gasteiger partial charge in [-0.3, -0.25) is 4.90 Å². The van der Waals surface area contributed by atoms with Crippen molar-refractivity contribution >= 4 is 5.95 Å². The first-order valence-corrected chi connectivity index (χ1v) is 9.41. The number of anilines is 1. The number of nitrogens with zero attached hydrogens (tertiary/aromatic N) is 4. The number of hydrogen-bond acceptors (Lipinski definition) is 5. The molecule has 3 rings (SSSR count). The van der Waals surface area contributed by atoms with Crippen LogP contribution in [-0.4, -0.2) is 51.3 Å².